The van der Waals surface area contributed by atoms with Gasteiger partial charge in [0.05, 0.1) is 13.0 Å². The topological polar surface area (TPSA) is 41.5 Å². The Morgan fingerprint density at radius 2 is 2.05 bits per heavy atom. The molecule has 1 unspecified atom stereocenters. The average molecular weight is 277 g/mol. The summed E-state index contributed by atoms with van der Waals surface area (Å²) < 4.78 is 41.7. The van der Waals surface area contributed by atoms with E-state index in [0.29, 0.717) is 12.4 Å². The fourth-order valence-electron chi connectivity index (χ4n) is 1.65. The summed E-state index contributed by atoms with van der Waals surface area (Å²) in [5.74, 6) is 0.360. The number of halogens is 3. The van der Waals surface area contributed by atoms with Gasteiger partial charge in [-0.2, -0.15) is 13.2 Å². The van der Waals surface area contributed by atoms with Crippen LogP contribution in [0.15, 0.2) is 18.2 Å². The average Bonchev–Trinajstić information content (AvgIpc) is 2.28. The normalized spacial score (nSPS) is 13.3. The molecule has 3 nitrogen and oxygen atoms in total. The van der Waals surface area contributed by atoms with Crippen LogP contribution in [0.2, 0.25) is 0 Å². The second-order valence-corrected chi connectivity index (χ2v) is 4.34. The van der Waals surface area contributed by atoms with E-state index in [0.717, 1.165) is 5.56 Å². The molecule has 108 valence electrons. The maximum Gasteiger partial charge on any atom is 0.390 e. The van der Waals surface area contributed by atoms with E-state index in [9.17, 15) is 18.3 Å². The van der Waals surface area contributed by atoms with Gasteiger partial charge in [-0.25, -0.2) is 0 Å². The van der Waals surface area contributed by atoms with Gasteiger partial charge in [-0.1, -0.05) is 6.07 Å². The van der Waals surface area contributed by atoms with Crippen molar-refractivity contribution in [1.82, 2.24) is 5.32 Å². The minimum absolute atomic E-state index is 0.0222. The van der Waals surface area contributed by atoms with Gasteiger partial charge in [-0.05, 0) is 31.5 Å². The summed E-state index contributed by atoms with van der Waals surface area (Å²) in [6.07, 6.45) is -5.04. The van der Waals surface area contributed by atoms with Gasteiger partial charge in [0.2, 0.25) is 0 Å². The molecule has 19 heavy (non-hydrogen) atoms. The van der Waals surface area contributed by atoms with Crippen molar-refractivity contribution in [1.29, 1.82) is 0 Å². The highest BCUT2D eigenvalue weighted by Crippen LogP contribution is 2.27. The first-order valence-corrected chi connectivity index (χ1v) is 6.06. The number of phenolic OH excluding ortho intramolecular Hbond substituents is 1. The summed E-state index contributed by atoms with van der Waals surface area (Å²) >= 11 is 0. The zero-order valence-electron chi connectivity index (χ0n) is 10.9. The largest absolute Gasteiger partial charge is 0.504 e. The fraction of sp³-hybridized carbons (Fsp3) is 0.538. The van der Waals surface area contributed by atoms with Crippen molar-refractivity contribution in [2.24, 2.45) is 0 Å². The van der Waals surface area contributed by atoms with Gasteiger partial charge in [-0.15, -0.1) is 0 Å². The number of nitrogens with one attached hydrogen (secondary N) is 1. The standard InChI is InChI=1S/C13H18F3NO2/c1-3-19-12-6-10(4-5-11(12)18)8-17-9(2)7-13(14,15)16/h4-6,9,17-18H,3,7-8H2,1-2H3. The summed E-state index contributed by atoms with van der Waals surface area (Å²) in [5, 5.41) is 12.3. The first-order valence-electron chi connectivity index (χ1n) is 6.06. The van der Waals surface area contributed by atoms with Gasteiger partial charge in [0.25, 0.3) is 0 Å². The van der Waals surface area contributed by atoms with Crippen LogP contribution in [-0.4, -0.2) is 23.9 Å². The minimum Gasteiger partial charge on any atom is -0.504 e. The summed E-state index contributed by atoms with van der Waals surface area (Å²) in [7, 11) is 0. The van der Waals surface area contributed by atoms with Gasteiger partial charge in [0, 0.05) is 12.6 Å². The number of aromatic hydroxyl groups is 1. The van der Waals surface area contributed by atoms with Crippen molar-refractivity contribution in [3.8, 4) is 11.5 Å². The van der Waals surface area contributed by atoms with Gasteiger partial charge in [0.15, 0.2) is 11.5 Å². The molecular weight excluding hydrogens is 259 g/mol. The van der Waals surface area contributed by atoms with Gasteiger partial charge in [0.1, 0.15) is 0 Å². The van der Waals surface area contributed by atoms with Crippen molar-refractivity contribution in [2.75, 3.05) is 6.61 Å². The van der Waals surface area contributed by atoms with Crippen LogP contribution in [0.5, 0.6) is 11.5 Å². The number of ether oxygens (including phenoxy) is 1. The van der Waals surface area contributed by atoms with Crippen LogP contribution in [0, 0.1) is 0 Å². The Labute approximate surface area is 110 Å². The number of phenols is 1. The Balaban J connectivity index is 2.56. The molecule has 1 aromatic carbocycles. The molecule has 0 saturated heterocycles. The van der Waals surface area contributed by atoms with Crippen LogP contribution < -0.4 is 10.1 Å². The van der Waals surface area contributed by atoms with E-state index in [4.69, 9.17) is 4.74 Å². The Kier molecular flexibility index (Phi) is 5.47. The Morgan fingerprint density at radius 3 is 2.63 bits per heavy atom. The highest BCUT2D eigenvalue weighted by molar-refractivity contribution is 5.41. The van der Waals surface area contributed by atoms with Crippen molar-refractivity contribution in [3.63, 3.8) is 0 Å². The zero-order chi connectivity index (χ0) is 14.5. The zero-order valence-corrected chi connectivity index (χ0v) is 10.9. The molecule has 0 saturated carbocycles. The highest BCUT2D eigenvalue weighted by Gasteiger charge is 2.29. The molecule has 0 fully saturated rings. The fourth-order valence-corrected chi connectivity index (χ4v) is 1.65. The maximum absolute atomic E-state index is 12.2. The molecule has 6 heteroatoms. The number of alkyl halides is 3. The summed E-state index contributed by atoms with van der Waals surface area (Å²) in [4.78, 5) is 0. The third-order valence-electron chi connectivity index (χ3n) is 2.52. The van der Waals surface area contributed by atoms with Crippen LogP contribution in [0.3, 0.4) is 0 Å². The third kappa shape index (κ3) is 5.83. The molecule has 0 bridgehead atoms. The van der Waals surface area contributed by atoms with Crippen LogP contribution >= 0.6 is 0 Å². The lowest BCUT2D eigenvalue weighted by molar-refractivity contribution is -0.139. The van der Waals surface area contributed by atoms with E-state index < -0.39 is 18.6 Å². The Bertz CT molecular complexity index is 407. The lowest BCUT2D eigenvalue weighted by Crippen LogP contribution is -2.30. The number of benzene rings is 1. The lowest BCUT2D eigenvalue weighted by atomic mass is 10.1. The summed E-state index contributed by atoms with van der Waals surface area (Å²) in [6, 6.07) is 4.07. The van der Waals surface area contributed by atoms with Gasteiger partial charge in [-0.3, -0.25) is 0 Å². The molecule has 2 N–H and O–H groups in total. The summed E-state index contributed by atoms with van der Waals surface area (Å²) in [5.41, 5.74) is 0.760. The lowest BCUT2D eigenvalue weighted by Gasteiger charge is -2.16. The molecule has 0 aromatic heterocycles. The molecule has 0 radical (unpaired) electrons. The highest BCUT2D eigenvalue weighted by atomic mass is 19.4. The van der Waals surface area contributed by atoms with Crippen LogP contribution in [0.4, 0.5) is 13.2 Å². The molecule has 1 rings (SSSR count). The molecule has 0 aliphatic rings. The molecule has 0 aliphatic carbocycles. The first kappa shape index (κ1) is 15.6. The molecular formula is C13H18F3NO2. The van der Waals surface area contributed by atoms with Crippen molar-refractivity contribution < 1.29 is 23.0 Å². The van der Waals surface area contributed by atoms with Crippen molar-refractivity contribution >= 4 is 0 Å². The van der Waals surface area contributed by atoms with Gasteiger partial charge >= 0.3 is 6.18 Å². The second kappa shape index (κ2) is 6.65. The number of hydrogen-bond acceptors (Lipinski definition) is 3. The molecule has 0 heterocycles. The third-order valence-corrected chi connectivity index (χ3v) is 2.52. The monoisotopic (exact) mass is 277 g/mol. The van der Waals surface area contributed by atoms with Crippen LogP contribution in [0.1, 0.15) is 25.8 Å². The van der Waals surface area contributed by atoms with E-state index in [2.05, 4.69) is 5.32 Å². The van der Waals surface area contributed by atoms with Crippen LogP contribution in [-0.2, 0) is 6.54 Å². The summed E-state index contributed by atoms with van der Waals surface area (Å²) in [6.45, 7) is 3.97. The predicted octanol–water partition coefficient (Wildman–Crippen LogP) is 3.22. The van der Waals surface area contributed by atoms with E-state index in [1.54, 1.807) is 19.1 Å². The quantitative estimate of drug-likeness (QED) is 0.839. The SMILES string of the molecule is CCOc1cc(CNC(C)CC(F)(F)F)ccc1O. The Morgan fingerprint density at radius 1 is 1.37 bits per heavy atom. The molecule has 0 amide bonds. The first-order chi connectivity index (χ1) is 8.81. The Hall–Kier alpha value is -1.43. The van der Waals surface area contributed by atoms with E-state index in [1.807, 2.05) is 0 Å². The molecule has 0 spiro atoms. The molecule has 1 aromatic rings. The van der Waals surface area contributed by atoms with Crippen LogP contribution in [0.25, 0.3) is 0 Å². The number of rotatable bonds is 6. The van der Waals surface area contributed by atoms with E-state index in [1.165, 1.54) is 13.0 Å². The van der Waals surface area contributed by atoms with Gasteiger partial charge < -0.3 is 15.2 Å². The van der Waals surface area contributed by atoms with E-state index >= 15 is 0 Å². The van der Waals surface area contributed by atoms with Crippen molar-refractivity contribution in [3.05, 3.63) is 23.8 Å². The maximum atomic E-state index is 12.2. The smallest absolute Gasteiger partial charge is 0.390 e. The molecule has 1 atom stereocenters. The second-order valence-electron chi connectivity index (χ2n) is 4.34. The minimum atomic E-state index is -4.17. The van der Waals surface area contributed by atoms with E-state index in [-0.39, 0.29) is 12.3 Å². The molecule has 0 aliphatic heterocycles. The number of hydrogen-bond donors (Lipinski definition) is 2. The predicted molar refractivity (Wildman–Crippen MR) is 66.2 cm³/mol. The van der Waals surface area contributed by atoms with Crippen molar-refractivity contribution in [2.45, 2.75) is 39.0 Å².